The minimum Gasteiger partial charge on any atom is -0.330 e. The van der Waals surface area contributed by atoms with Crippen LogP contribution in [0.25, 0.3) is 0 Å². The number of hydrogen-bond donors (Lipinski definition) is 1. The van der Waals surface area contributed by atoms with Crippen molar-refractivity contribution in [2.75, 3.05) is 12.4 Å². The Morgan fingerprint density at radius 3 is 2.64 bits per heavy atom. The van der Waals surface area contributed by atoms with E-state index in [4.69, 9.17) is 12.2 Å². The molecule has 0 aliphatic carbocycles. The summed E-state index contributed by atoms with van der Waals surface area (Å²) in [5.41, 5.74) is 3.23. The molecule has 25 heavy (non-hydrogen) atoms. The molecule has 0 amide bonds. The predicted octanol–water partition coefficient (Wildman–Crippen LogP) is 4.95. The van der Waals surface area contributed by atoms with E-state index in [0.717, 1.165) is 21.9 Å². The fourth-order valence-electron chi connectivity index (χ4n) is 2.45. The van der Waals surface area contributed by atoms with Gasteiger partial charge in [0.05, 0.1) is 6.67 Å². The fraction of sp³-hybridized carbons (Fsp3) is 0.222. The molecule has 4 nitrogen and oxygen atoms in total. The van der Waals surface area contributed by atoms with Gasteiger partial charge < -0.3 is 5.32 Å². The van der Waals surface area contributed by atoms with Gasteiger partial charge in [0.15, 0.2) is 3.95 Å². The first-order valence-corrected chi connectivity index (χ1v) is 9.07. The molecular weight excluding hydrogens is 355 g/mol. The lowest BCUT2D eigenvalue weighted by atomic mass is 10.2. The van der Waals surface area contributed by atoms with Gasteiger partial charge in [0, 0.05) is 12.2 Å². The molecule has 0 saturated carbocycles. The van der Waals surface area contributed by atoms with Crippen LogP contribution >= 0.6 is 23.6 Å². The molecule has 0 atom stereocenters. The minimum absolute atomic E-state index is 0.222. The van der Waals surface area contributed by atoms with Crippen molar-refractivity contribution >= 4 is 34.4 Å². The first-order chi connectivity index (χ1) is 12.0. The molecule has 0 spiro atoms. The Balaban J connectivity index is 1.67. The maximum Gasteiger partial charge on any atom is 0.209 e. The SMILES string of the molecule is Cc1ccccc1Nc1nn(CN(C)Cc2ccc(F)cc2)c(=S)s1. The van der Waals surface area contributed by atoms with Crippen molar-refractivity contribution in [1.29, 1.82) is 0 Å². The number of aromatic nitrogens is 2. The second kappa shape index (κ2) is 7.86. The Morgan fingerprint density at radius 2 is 1.92 bits per heavy atom. The van der Waals surface area contributed by atoms with Crippen molar-refractivity contribution in [3.05, 3.63) is 69.4 Å². The molecule has 0 unspecified atom stereocenters. The second-order valence-electron chi connectivity index (χ2n) is 5.89. The van der Waals surface area contributed by atoms with E-state index in [-0.39, 0.29) is 5.82 Å². The molecule has 7 heteroatoms. The fourth-order valence-corrected chi connectivity index (χ4v) is 3.46. The standard InChI is InChI=1S/C18H19FN4S2/c1-13-5-3-4-6-16(13)20-17-21-23(18(24)25-17)12-22(2)11-14-7-9-15(19)10-8-14/h3-10H,11-12H2,1-2H3,(H,20,21). The summed E-state index contributed by atoms with van der Waals surface area (Å²) >= 11 is 6.87. The van der Waals surface area contributed by atoms with Crippen LogP contribution in [0.3, 0.4) is 0 Å². The van der Waals surface area contributed by atoms with Gasteiger partial charge in [-0.05, 0) is 55.5 Å². The van der Waals surface area contributed by atoms with E-state index in [2.05, 4.69) is 28.3 Å². The van der Waals surface area contributed by atoms with Crippen LogP contribution in [0, 0.1) is 16.7 Å². The van der Waals surface area contributed by atoms with Crippen LogP contribution in [0.4, 0.5) is 15.2 Å². The Hall–Kier alpha value is -2.09. The van der Waals surface area contributed by atoms with E-state index in [1.54, 1.807) is 16.8 Å². The second-order valence-corrected chi connectivity index (χ2v) is 7.52. The summed E-state index contributed by atoms with van der Waals surface area (Å²) in [6, 6.07) is 14.6. The van der Waals surface area contributed by atoms with Gasteiger partial charge in [-0.1, -0.05) is 41.7 Å². The topological polar surface area (TPSA) is 33.1 Å². The summed E-state index contributed by atoms with van der Waals surface area (Å²) in [5.74, 6) is -0.222. The number of halogens is 1. The molecule has 0 saturated heterocycles. The number of benzene rings is 2. The molecular formula is C18H19FN4S2. The third-order valence-electron chi connectivity index (χ3n) is 3.73. The summed E-state index contributed by atoms with van der Waals surface area (Å²) in [5, 5.41) is 8.66. The zero-order valence-corrected chi connectivity index (χ0v) is 15.7. The van der Waals surface area contributed by atoms with E-state index < -0.39 is 0 Å². The molecule has 0 aliphatic heterocycles. The van der Waals surface area contributed by atoms with Gasteiger partial charge in [0.2, 0.25) is 5.13 Å². The monoisotopic (exact) mass is 374 g/mol. The predicted molar refractivity (Wildman–Crippen MR) is 103 cm³/mol. The van der Waals surface area contributed by atoms with Gasteiger partial charge in [-0.3, -0.25) is 4.90 Å². The summed E-state index contributed by atoms with van der Waals surface area (Å²) in [6.07, 6.45) is 0. The highest BCUT2D eigenvalue weighted by atomic mass is 32.1. The molecule has 2 aromatic carbocycles. The molecule has 3 rings (SSSR count). The quantitative estimate of drug-likeness (QED) is 0.619. The molecule has 0 aliphatic rings. The van der Waals surface area contributed by atoms with Gasteiger partial charge in [0.1, 0.15) is 5.82 Å². The smallest absolute Gasteiger partial charge is 0.209 e. The summed E-state index contributed by atoms with van der Waals surface area (Å²) in [6.45, 7) is 3.32. The van der Waals surface area contributed by atoms with Crippen LogP contribution in [-0.4, -0.2) is 21.7 Å². The average molecular weight is 375 g/mol. The average Bonchev–Trinajstić information content (AvgIpc) is 2.91. The van der Waals surface area contributed by atoms with Gasteiger partial charge >= 0.3 is 0 Å². The number of aryl methyl sites for hydroxylation is 1. The van der Waals surface area contributed by atoms with E-state index in [1.807, 2.05) is 25.2 Å². The Kier molecular flexibility index (Phi) is 5.57. The Bertz CT molecular complexity index is 902. The number of nitrogens with one attached hydrogen (secondary N) is 1. The molecule has 0 bridgehead atoms. The van der Waals surface area contributed by atoms with Gasteiger partial charge in [0.25, 0.3) is 0 Å². The molecule has 1 N–H and O–H groups in total. The zero-order valence-electron chi connectivity index (χ0n) is 14.1. The largest absolute Gasteiger partial charge is 0.330 e. The lowest BCUT2D eigenvalue weighted by molar-refractivity contribution is 0.245. The van der Waals surface area contributed by atoms with Crippen LogP contribution in [0.15, 0.2) is 48.5 Å². The number of para-hydroxylation sites is 1. The number of hydrogen-bond acceptors (Lipinski definition) is 5. The lowest BCUT2D eigenvalue weighted by Gasteiger charge is -2.16. The van der Waals surface area contributed by atoms with Crippen molar-refractivity contribution in [2.45, 2.75) is 20.1 Å². The summed E-state index contributed by atoms with van der Waals surface area (Å²) in [7, 11) is 1.99. The van der Waals surface area contributed by atoms with Crippen LogP contribution < -0.4 is 5.32 Å². The van der Waals surface area contributed by atoms with Crippen LogP contribution in [0.1, 0.15) is 11.1 Å². The first kappa shape index (κ1) is 17.7. The van der Waals surface area contributed by atoms with Crippen LogP contribution in [0.5, 0.6) is 0 Å². The molecule has 0 fully saturated rings. The lowest BCUT2D eigenvalue weighted by Crippen LogP contribution is -2.22. The summed E-state index contributed by atoms with van der Waals surface area (Å²) in [4.78, 5) is 2.08. The van der Waals surface area contributed by atoms with Crippen molar-refractivity contribution < 1.29 is 4.39 Å². The molecule has 1 heterocycles. The van der Waals surface area contributed by atoms with Crippen LogP contribution in [-0.2, 0) is 13.2 Å². The first-order valence-electron chi connectivity index (χ1n) is 7.85. The molecule has 130 valence electrons. The van der Waals surface area contributed by atoms with Gasteiger partial charge in [-0.25, -0.2) is 9.07 Å². The Morgan fingerprint density at radius 1 is 1.20 bits per heavy atom. The van der Waals surface area contributed by atoms with Gasteiger partial charge in [-0.15, -0.1) is 5.10 Å². The van der Waals surface area contributed by atoms with Crippen molar-refractivity contribution in [1.82, 2.24) is 14.7 Å². The van der Waals surface area contributed by atoms with Crippen molar-refractivity contribution in [3.8, 4) is 0 Å². The number of rotatable bonds is 6. The highest BCUT2D eigenvalue weighted by Crippen LogP contribution is 2.23. The third kappa shape index (κ3) is 4.72. The normalized spacial score (nSPS) is 11.0. The van der Waals surface area contributed by atoms with Crippen molar-refractivity contribution in [3.63, 3.8) is 0 Å². The van der Waals surface area contributed by atoms with E-state index >= 15 is 0 Å². The minimum atomic E-state index is -0.222. The maximum atomic E-state index is 13.0. The summed E-state index contributed by atoms with van der Waals surface area (Å²) < 4.78 is 15.5. The van der Waals surface area contributed by atoms with E-state index in [0.29, 0.717) is 17.2 Å². The van der Waals surface area contributed by atoms with Gasteiger partial charge in [-0.2, -0.15) is 0 Å². The van der Waals surface area contributed by atoms with E-state index in [9.17, 15) is 4.39 Å². The maximum absolute atomic E-state index is 13.0. The molecule has 3 aromatic rings. The Labute approximate surface area is 155 Å². The van der Waals surface area contributed by atoms with Crippen molar-refractivity contribution in [2.24, 2.45) is 0 Å². The molecule has 0 radical (unpaired) electrons. The van der Waals surface area contributed by atoms with Crippen LogP contribution in [0.2, 0.25) is 0 Å². The zero-order chi connectivity index (χ0) is 17.8. The highest BCUT2D eigenvalue weighted by Gasteiger charge is 2.08. The molecule has 1 aromatic heterocycles. The number of anilines is 2. The number of nitrogens with zero attached hydrogens (tertiary/aromatic N) is 3. The third-order valence-corrected chi connectivity index (χ3v) is 4.96. The van der Waals surface area contributed by atoms with E-state index in [1.165, 1.54) is 23.5 Å². The highest BCUT2D eigenvalue weighted by molar-refractivity contribution is 7.73.